The second kappa shape index (κ2) is 8.99. The van der Waals surface area contributed by atoms with Gasteiger partial charge in [0.15, 0.2) is 6.61 Å². The lowest BCUT2D eigenvalue weighted by Gasteiger charge is -2.51. The predicted octanol–water partition coefficient (Wildman–Crippen LogP) is 4.02. The number of hydrogen-bond donors (Lipinski definition) is 1. The van der Waals surface area contributed by atoms with Crippen molar-refractivity contribution in [3.8, 4) is 5.75 Å². The Labute approximate surface area is 183 Å². The minimum absolute atomic E-state index is 0.0696. The first-order valence-corrected chi connectivity index (χ1v) is 10.3. The zero-order valence-corrected chi connectivity index (χ0v) is 17.3. The van der Waals surface area contributed by atoms with Gasteiger partial charge in [0.25, 0.3) is 0 Å². The lowest BCUT2D eigenvalue weighted by atomic mass is 9.77. The number of fused-ring (bicyclic) bond motifs is 2. The quantitative estimate of drug-likeness (QED) is 0.744. The summed E-state index contributed by atoms with van der Waals surface area (Å²) in [6.07, 6.45) is -4.42. The normalized spacial score (nSPS) is 25.3. The van der Waals surface area contributed by atoms with Gasteiger partial charge in [0.2, 0.25) is 0 Å². The van der Waals surface area contributed by atoms with Crippen LogP contribution in [0.5, 0.6) is 5.75 Å². The van der Waals surface area contributed by atoms with Crippen molar-refractivity contribution >= 4 is 6.09 Å². The minimum atomic E-state index is -4.42. The second-order valence-corrected chi connectivity index (χ2v) is 8.16. The van der Waals surface area contributed by atoms with E-state index in [0.29, 0.717) is 5.56 Å². The van der Waals surface area contributed by atoms with Gasteiger partial charge in [0.05, 0.1) is 30.9 Å². The third kappa shape index (κ3) is 5.16. The molecule has 9 heteroatoms. The molecule has 2 bridgehead atoms. The van der Waals surface area contributed by atoms with E-state index in [1.54, 1.807) is 17.0 Å². The summed E-state index contributed by atoms with van der Waals surface area (Å²) < 4.78 is 52.8. The van der Waals surface area contributed by atoms with E-state index in [2.05, 4.69) is 0 Å². The number of amides is 1. The average molecular weight is 451 g/mol. The lowest BCUT2D eigenvalue weighted by Crippen LogP contribution is -2.62. The standard InChI is InChI=1S/C23H24F3NO5/c24-23(25,26)15-32-20-8-6-17(7-9-20)22(29)10-18-13-30-14-19(11-22)27(18)21(28)31-12-16-4-2-1-3-5-16/h1-9,18-19,29H,10-15H2. The first-order chi connectivity index (χ1) is 15.2. The number of nitrogens with zero attached hydrogens (tertiary/aromatic N) is 1. The monoisotopic (exact) mass is 451 g/mol. The van der Waals surface area contributed by atoms with Crippen molar-refractivity contribution in [3.63, 3.8) is 0 Å². The van der Waals surface area contributed by atoms with Gasteiger partial charge in [-0.15, -0.1) is 0 Å². The summed E-state index contributed by atoms with van der Waals surface area (Å²) in [5.41, 5.74) is 0.201. The van der Waals surface area contributed by atoms with Crippen molar-refractivity contribution in [2.24, 2.45) is 0 Å². The summed E-state index contributed by atoms with van der Waals surface area (Å²) in [6, 6.07) is 14.5. The molecule has 32 heavy (non-hydrogen) atoms. The highest BCUT2D eigenvalue weighted by Gasteiger charge is 2.49. The molecule has 2 aliphatic heterocycles. The molecule has 0 spiro atoms. The van der Waals surface area contributed by atoms with Gasteiger partial charge >= 0.3 is 12.3 Å². The summed E-state index contributed by atoms with van der Waals surface area (Å²) in [5, 5.41) is 11.4. The van der Waals surface area contributed by atoms with Crippen molar-refractivity contribution in [1.29, 1.82) is 0 Å². The Morgan fingerprint density at radius 2 is 1.69 bits per heavy atom. The third-order valence-electron chi connectivity index (χ3n) is 5.76. The molecule has 2 unspecified atom stereocenters. The molecule has 2 saturated heterocycles. The molecule has 4 rings (SSSR count). The van der Waals surface area contributed by atoms with Gasteiger partial charge in [-0.2, -0.15) is 13.2 Å². The first-order valence-electron chi connectivity index (χ1n) is 10.3. The SMILES string of the molecule is O=C(OCc1ccccc1)N1C2COCC1CC(O)(c1ccc(OCC(F)(F)F)cc1)C2. The number of alkyl halides is 3. The second-order valence-electron chi connectivity index (χ2n) is 8.16. The van der Waals surface area contributed by atoms with Crippen LogP contribution < -0.4 is 4.74 Å². The Balaban J connectivity index is 1.42. The van der Waals surface area contributed by atoms with Gasteiger partial charge in [0.1, 0.15) is 12.4 Å². The maximum Gasteiger partial charge on any atom is 0.422 e. The number of carbonyl (C=O) groups excluding carboxylic acids is 1. The van der Waals surface area contributed by atoms with Gasteiger partial charge in [-0.05, 0) is 23.3 Å². The topological polar surface area (TPSA) is 68.2 Å². The van der Waals surface area contributed by atoms with Crippen molar-refractivity contribution < 1.29 is 37.3 Å². The number of ether oxygens (including phenoxy) is 3. The lowest BCUT2D eigenvalue weighted by molar-refractivity contribution is -0.153. The molecule has 0 radical (unpaired) electrons. The molecule has 2 atom stereocenters. The highest BCUT2D eigenvalue weighted by molar-refractivity contribution is 5.69. The van der Waals surface area contributed by atoms with E-state index in [4.69, 9.17) is 14.2 Å². The summed E-state index contributed by atoms with van der Waals surface area (Å²) in [5.74, 6) is 0.0696. The van der Waals surface area contributed by atoms with Crippen molar-refractivity contribution in [2.45, 2.75) is 43.3 Å². The highest BCUT2D eigenvalue weighted by atomic mass is 19.4. The van der Waals surface area contributed by atoms with Crippen LogP contribution in [0.25, 0.3) is 0 Å². The Morgan fingerprint density at radius 3 is 2.28 bits per heavy atom. The highest BCUT2D eigenvalue weighted by Crippen LogP contribution is 2.41. The molecule has 2 aliphatic rings. The molecule has 2 heterocycles. The van der Waals surface area contributed by atoms with Crippen LogP contribution in [0.3, 0.4) is 0 Å². The van der Waals surface area contributed by atoms with Crippen LogP contribution in [0.4, 0.5) is 18.0 Å². The Bertz CT molecular complexity index is 905. The third-order valence-corrected chi connectivity index (χ3v) is 5.76. The largest absolute Gasteiger partial charge is 0.484 e. The molecular weight excluding hydrogens is 427 g/mol. The van der Waals surface area contributed by atoms with E-state index in [9.17, 15) is 23.1 Å². The van der Waals surface area contributed by atoms with Crippen LogP contribution in [0.2, 0.25) is 0 Å². The summed E-state index contributed by atoms with van der Waals surface area (Å²) in [6.45, 7) is -0.684. The van der Waals surface area contributed by atoms with Crippen LogP contribution in [0, 0.1) is 0 Å². The number of aliphatic hydroxyl groups is 1. The van der Waals surface area contributed by atoms with Crippen LogP contribution in [0.15, 0.2) is 54.6 Å². The van der Waals surface area contributed by atoms with E-state index in [1.165, 1.54) is 12.1 Å². The maximum absolute atomic E-state index is 12.8. The van der Waals surface area contributed by atoms with Gasteiger partial charge < -0.3 is 19.3 Å². The average Bonchev–Trinajstić information content (AvgIpc) is 2.76. The van der Waals surface area contributed by atoms with E-state index in [-0.39, 0.29) is 50.5 Å². The number of morpholine rings is 1. The van der Waals surface area contributed by atoms with Crippen molar-refractivity contribution in [1.82, 2.24) is 4.90 Å². The fourth-order valence-electron chi connectivity index (χ4n) is 4.33. The minimum Gasteiger partial charge on any atom is -0.484 e. The number of halogens is 3. The van der Waals surface area contributed by atoms with E-state index in [0.717, 1.165) is 5.56 Å². The molecule has 0 saturated carbocycles. The molecule has 1 amide bonds. The smallest absolute Gasteiger partial charge is 0.422 e. The molecule has 0 aliphatic carbocycles. The van der Waals surface area contributed by atoms with Gasteiger partial charge in [-0.3, -0.25) is 4.90 Å². The number of benzene rings is 2. The van der Waals surface area contributed by atoms with E-state index >= 15 is 0 Å². The van der Waals surface area contributed by atoms with Gasteiger partial charge in [-0.1, -0.05) is 42.5 Å². The van der Waals surface area contributed by atoms with Gasteiger partial charge in [0, 0.05) is 12.8 Å². The van der Waals surface area contributed by atoms with Crippen LogP contribution in [0.1, 0.15) is 24.0 Å². The Morgan fingerprint density at radius 1 is 1.06 bits per heavy atom. The maximum atomic E-state index is 12.8. The molecule has 2 fully saturated rings. The molecule has 2 aromatic rings. The molecule has 6 nitrogen and oxygen atoms in total. The molecular formula is C23H24F3NO5. The van der Waals surface area contributed by atoms with E-state index < -0.39 is 24.5 Å². The van der Waals surface area contributed by atoms with Crippen molar-refractivity contribution in [2.75, 3.05) is 19.8 Å². The summed E-state index contributed by atoms with van der Waals surface area (Å²) in [7, 11) is 0. The number of hydrogen-bond acceptors (Lipinski definition) is 5. The first kappa shape index (κ1) is 22.4. The Kier molecular flexibility index (Phi) is 6.30. The summed E-state index contributed by atoms with van der Waals surface area (Å²) in [4.78, 5) is 14.4. The van der Waals surface area contributed by atoms with Crippen molar-refractivity contribution in [3.05, 3.63) is 65.7 Å². The summed E-state index contributed by atoms with van der Waals surface area (Å²) >= 11 is 0. The zero-order valence-electron chi connectivity index (χ0n) is 17.3. The number of piperidine rings is 1. The molecule has 2 aromatic carbocycles. The molecule has 1 N–H and O–H groups in total. The zero-order chi connectivity index (χ0) is 22.8. The van der Waals surface area contributed by atoms with Crippen LogP contribution in [-0.2, 0) is 21.7 Å². The van der Waals surface area contributed by atoms with Gasteiger partial charge in [-0.25, -0.2) is 4.79 Å². The van der Waals surface area contributed by atoms with Crippen LogP contribution in [-0.4, -0.2) is 54.2 Å². The van der Waals surface area contributed by atoms with Crippen LogP contribution >= 0.6 is 0 Å². The Hall–Kier alpha value is -2.78. The number of rotatable bonds is 5. The van der Waals surface area contributed by atoms with E-state index in [1.807, 2.05) is 30.3 Å². The fraction of sp³-hybridized carbons (Fsp3) is 0.435. The molecule has 0 aromatic heterocycles. The predicted molar refractivity (Wildman–Crippen MR) is 108 cm³/mol. The molecule has 172 valence electrons. The number of carbonyl (C=O) groups is 1. The fourth-order valence-corrected chi connectivity index (χ4v) is 4.33.